The van der Waals surface area contributed by atoms with Gasteiger partial charge in [0.15, 0.2) is 0 Å². The Morgan fingerprint density at radius 1 is 1.47 bits per heavy atom. The highest BCUT2D eigenvalue weighted by Gasteiger charge is 2.21. The average Bonchev–Trinajstić information content (AvgIpc) is 2.75. The van der Waals surface area contributed by atoms with E-state index in [0.29, 0.717) is 0 Å². The molecule has 0 radical (unpaired) electrons. The quantitative estimate of drug-likeness (QED) is 0.840. The van der Waals surface area contributed by atoms with E-state index in [4.69, 9.17) is 0 Å². The Balaban J connectivity index is 1.76. The van der Waals surface area contributed by atoms with Crippen molar-refractivity contribution in [2.75, 3.05) is 33.2 Å². The van der Waals surface area contributed by atoms with Crippen LogP contribution < -0.4 is 5.32 Å². The van der Waals surface area contributed by atoms with Gasteiger partial charge in [-0.25, -0.2) is 4.39 Å². The number of rotatable bonds is 5. The summed E-state index contributed by atoms with van der Waals surface area (Å²) >= 11 is 0. The van der Waals surface area contributed by atoms with Crippen LogP contribution in [0.25, 0.3) is 0 Å². The number of halogens is 1. The van der Waals surface area contributed by atoms with Crippen LogP contribution in [-0.2, 0) is 6.42 Å². The molecule has 0 spiro atoms. The van der Waals surface area contributed by atoms with E-state index in [0.717, 1.165) is 31.0 Å². The summed E-state index contributed by atoms with van der Waals surface area (Å²) in [7, 11) is 2.01. The first kappa shape index (κ1) is 12.5. The zero-order valence-corrected chi connectivity index (χ0v) is 10.5. The highest BCUT2D eigenvalue weighted by atomic mass is 19.1. The minimum absolute atomic E-state index is 0.128. The fourth-order valence-corrected chi connectivity index (χ4v) is 2.55. The van der Waals surface area contributed by atoms with Crippen LogP contribution in [0.2, 0.25) is 0 Å². The van der Waals surface area contributed by atoms with E-state index in [9.17, 15) is 4.39 Å². The van der Waals surface area contributed by atoms with Gasteiger partial charge in [-0.05, 0) is 56.6 Å². The monoisotopic (exact) mass is 236 g/mol. The van der Waals surface area contributed by atoms with E-state index in [1.165, 1.54) is 25.6 Å². The standard InChI is InChI=1S/C14H21FN2/c1-16-10-13-6-8-17(11-13)7-5-12-3-2-4-14(15)9-12/h2-4,9,13,16H,5-8,10-11H2,1H3. The van der Waals surface area contributed by atoms with Crippen LogP contribution in [0.5, 0.6) is 0 Å². The number of nitrogens with zero attached hydrogens (tertiary/aromatic N) is 1. The first-order chi connectivity index (χ1) is 8.28. The number of nitrogens with one attached hydrogen (secondary N) is 1. The maximum atomic E-state index is 13.0. The van der Waals surface area contributed by atoms with Gasteiger partial charge in [0.2, 0.25) is 0 Å². The molecule has 1 fully saturated rings. The van der Waals surface area contributed by atoms with Crippen LogP contribution in [0.3, 0.4) is 0 Å². The molecule has 1 aliphatic heterocycles. The molecule has 2 nitrogen and oxygen atoms in total. The van der Waals surface area contributed by atoms with Gasteiger partial charge in [0, 0.05) is 13.1 Å². The van der Waals surface area contributed by atoms with Gasteiger partial charge in [-0.15, -0.1) is 0 Å². The van der Waals surface area contributed by atoms with E-state index >= 15 is 0 Å². The second-order valence-corrected chi connectivity index (χ2v) is 4.89. The fraction of sp³-hybridized carbons (Fsp3) is 0.571. The lowest BCUT2D eigenvalue weighted by atomic mass is 10.1. The summed E-state index contributed by atoms with van der Waals surface area (Å²) < 4.78 is 13.0. The molecule has 0 aliphatic carbocycles. The van der Waals surface area contributed by atoms with Gasteiger partial charge >= 0.3 is 0 Å². The molecular weight excluding hydrogens is 215 g/mol. The molecule has 1 saturated heterocycles. The van der Waals surface area contributed by atoms with E-state index in [-0.39, 0.29) is 5.82 Å². The van der Waals surface area contributed by atoms with E-state index in [1.807, 2.05) is 13.1 Å². The predicted octanol–water partition coefficient (Wildman–Crippen LogP) is 1.91. The second kappa shape index (κ2) is 6.12. The molecule has 94 valence electrons. The molecule has 1 unspecified atom stereocenters. The lowest BCUT2D eigenvalue weighted by Crippen LogP contribution is -2.26. The van der Waals surface area contributed by atoms with Crippen molar-refractivity contribution in [3.8, 4) is 0 Å². The molecule has 3 heteroatoms. The van der Waals surface area contributed by atoms with Crippen molar-refractivity contribution in [3.63, 3.8) is 0 Å². The summed E-state index contributed by atoms with van der Waals surface area (Å²) in [4.78, 5) is 2.48. The summed E-state index contributed by atoms with van der Waals surface area (Å²) in [5.41, 5.74) is 1.10. The number of likely N-dealkylation sites (tertiary alicyclic amines) is 1. The Kier molecular flexibility index (Phi) is 4.51. The van der Waals surface area contributed by atoms with Crippen LogP contribution >= 0.6 is 0 Å². The summed E-state index contributed by atoms with van der Waals surface area (Å²) in [6.07, 6.45) is 2.23. The van der Waals surface area contributed by atoms with Crippen LogP contribution in [0, 0.1) is 11.7 Å². The average molecular weight is 236 g/mol. The van der Waals surface area contributed by atoms with E-state index in [2.05, 4.69) is 10.2 Å². The molecule has 2 rings (SSSR count). The first-order valence-corrected chi connectivity index (χ1v) is 6.39. The second-order valence-electron chi connectivity index (χ2n) is 4.89. The molecule has 1 aliphatic rings. The Bertz CT molecular complexity index is 354. The summed E-state index contributed by atoms with van der Waals surface area (Å²) in [5, 5.41) is 3.24. The fourth-order valence-electron chi connectivity index (χ4n) is 2.55. The Hall–Kier alpha value is -0.930. The van der Waals surface area contributed by atoms with Gasteiger partial charge in [-0.1, -0.05) is 12.1 Å². The molecule has 0 amide bonds. The third-order valence-electron chi connectivity index (χ3n) is 3.47. The Morgan fingerprint density at radius 3 is 3.12 bits per heavy atom. The molecule has 1 aromatic rings. The zero-order chi connectivity index (χ0) is 12.1. The third-order valence-corrected chi connectivity index (χ3v) is 3.47. The highest BCUT2D eigenvalue weighted by Crippen LogP contribution is 2.16. The van der Waals surface area contributed by atoms with Crippen molar-refractivity contribution in [2.45, 2.75) is 12.8 Å². The summed E-state index contributed by atoms with van der Waals surface area (Å²) in [6.45, 7) is 4.51. The van der Waals surface area contributed by atoms with E-state index < -0.39 is 0 Å². The van der Waals surface area contributed by atoms with Crippen molar-refractivity contribution in [1.82, 2.24) is 10.2 Å². The molecule has 1 N–H and O–H groups in total. The Labute approximate surface area is 103 Å². The highest BCUT2D eigenvalue weighted by molar-refractivity contribution is 5.16. The predicted molar refractivity (Wildman–Crippen MR) is 68.6 cm³/mol. The van der Waals surface area contributed by atoms with Crippen molar-refractivity contribution in [2.24, 2.45) is 5.92 Å². The van der Waals surface area contributed by atoms with Crippen molar-refractivity contribution >= 4 is 0 Å². The summed E-state index contributed by atoms with van der Waals surface area (Å²) in [6, 6.07) is 6.94. The molecule has 1 atom stereocenters. The molecule has 17 heavy (non-hydrogen) atoms. The van der Waals surface area contributed by atoms with Crippen LogP contribution in [0.4, 0.5) is 4.39 Å². The van der Waals surface area contributed by atoms with E-state index in [1.54, 1.807) is 12.1 Å². The molecular formula is C14H21FN2. The van der Waals surface area contributed by atoms with Crippen molar-refractivity contribution in [1.29, 1.82) is 0 Å². The number of hydrogen-bond donors (Lipinski definition) is 1. The van der Waals surface area contributed by atoms with Crippen LogP contribution in [0.15, 0.2) is 24.3 Å². The normalized spacial score (nSPS) is 20.9. The van der Waals surface area contributed by atoms with Crippen LogP contribution in [-0.4, -0.2) is 38.1 Å². The molecule has 0 aromatic heterocycles. The van der Waals surface area contributed by atoms with Gasteiger partial charge in [0.05, 0.1) is 0 Å². The van der Waals surface area contributed by atoms with Crippen LogP contribution in [0.1, 0.15) is 12.0 Å². The third kappa shape index (κ3) is 3.79. The number of benzene rings is 1. The first-order valence-electron chi connectivity index (χ1n) is 6.39. The largest absolute Gasteiger partial charge is 0.319 e. The molecule has 1 heterocycles. The summed E-state index contributed by atoms with van der Waals surface area (Å²) in [5.74, 6) is 0.657. The molecule has 0 bridgehead atoms. The minimum atomic E-state index is -0.128. The van der Waals surface area contributed by atoms with Gasteiger partial charge in [-0.3, -0.25) is 0 Å². The van der Waals surface area contributed by atoms with Gasteiger partial charge in [-0.2, -0.15) is 0 Å². The minimum Gasteiger partial charge on any atom is -0.319 e. The molecule has 1 aromatic carbocycles. The maximum Gasteiger partial charge on any atom is 0.123 e. The topological polar surface area (TPSA) is 15.3 Å². The molecule has 0 saturated carbocycles. The lowest BCUT2D eigenvalue weighted by molar-refractivity contribution is 0.327. The number of hydrogen-bond acceptors (Lipinski definition) is 2. The van der Waals surface area contributed by atoms with Gasteiger partial charge in [0.1, 0.15) is 5.82 Å². The Morgan fingerprint density at radius 2 is 2.35 bits per heavy atom. The lowest BCUT2D eigenvalue weighted by Gasteiger charge is -2.15. The van der Waals surface area contributed by atoms with Gasteiger partial charge < -0.3 is 10.2 Å². The zero-order valence-electron chi connectivity index (χ0n) is 10.5. The van der Waals surface area contributed by atoms with Crippen molar-refractivity contribution in [3.05, 3.63) is 35.6 Å². The van der Waals surface area contributed by atoms with Gasteiger partial charge in [0.25, 0.3) is 0 Å². The van der Waals surface area contributed by atoms with Crippen molar-refractivity contribution < 1.29 is 4.39 Å². The SMILES string of the molecule is CNCC1CCN(CCc2cccc(F)c2)C1. The maximum absolute atomic E-state index is 13.0. The smallest absolute Gasteiger partial charge is 0.123 e.